The fraction of sp³-hybridized carbons (Fsp3) is 0.150. The number of hydrogen-bond acceptors (Lipinski definition) is 4. The maximum Gasteiger partial charge on any atom is 0.258 e. The molecular weight excluding hydrogens is 312 g/mol. The third kappa shape index (κ3) is 4.01. The molecule has 126 valence electrons. The molecule has 0 saturated carbocycles. The predicted molar refractivity (Wildman–Crippen MR) is 100 cm³/mol. The largest absolute Gasteiger partial charge is 0.324 e. The maximum atomic E-state index is 12.2. The lowest BCUT2D eigenvalue weighted by molar-refractivity contribution is 0.102. The first-order chi connectivity index (χ1) is 12.2. The highest BCUT2D eigenvalue weighted by Gasteiger charge is 2.09. The van der Waals surface area contributed by atoms with Gasteiger partial charge in [-0.15, -0.1) is 0 Å². The SMILES string of the molecule is CCc1cccc(C)c1Nc1ncc(C(=O)Nc2ccccc2)cn1. The molecule has 0 aliphatic rings. The Balaban J connectivity index is 1.74. The van der Waals surface area contributed by atoms with Gasteiger partial charge in [-0.25, -0.2) is 9.97 Å². The Morgan fingerprint density at radius 2 is 1.72 bits per heavy atom. The summed E-state index contributed by atoms with van der Waals surface area (Å²) in [4.78, 5) is 20.8. The average Bonchev–Trinajstić information content (AvgIpc) is 2.64. The van der Waals surface area contributed by atoms with Crippen LogP contribution in [0.15, 0.2) is 60.9 Å². The lowest BCUT2D eigenvalue weighted by Crippen LogP contribution is -2.13. The number of carbonyl (C=O) groups excluding carboxylic acids is 1. The number of aromatic nitrogens is 2. The maximum absolute atomic E-state index is 12.2. The Morgan fingerprint density at radius 3 is 2.40 bits per heavy atom. The van der Waals surface area contributed by atoms with Gasteiger partial charge in [0.1, 0.15) is 0 Å². The molecule has 25 heavy (non-hydrogen) atoms. The molecule has 2 aromatic carbocycles. The summed E-state index contributed by atoms with van der Waals surface area (Å²) in [5.74, 6) is 0.239. The van der Waals surface area contributed by atoms with E-state index in [1.807, 2.05) is 49.4 Å². The van der Waals surface area contributed by atoms with E-state index < -0.39 is 0 Å². The van der Waals surface area contributed by atoms with Gasteiger partial charge in [0, 0.05) is 23.8 Å². The van der Waals surface area contributed by atoms with Gasteiger partial charge in [-0.3, -0.25) is 4.79 Å². The third-order valence-corrected chi connectivity index (χ3v) is 3.92. The van der Waals surface area contributed by atoms with Crippen LogP contribution in [0.2, 0.25) is 0 Å². The van der Waals surface area contributed by atoms with Gasteiger partial charge in [-0.1, -0.05) is 43.3 Å². The summed E-state index contributed by atoms with van der Waals surface area (Å²) in [6.07, 6.45) is 3.97. The molecule has 3 rings (SSSR count). The summed E-state index contributed by atoms with van der Waals surface area (Å²) in [6, 6.07) is 15.5. The minimum atomic E-state index is -0.233. The van der Waals surface area contributed by atoms with Gasteiger partial charge in [0.15, 0.2) is 0 Å². The van der Waals surface area contributed by atoms with E-state index >= 15 is 0 Å². The van der Waals surface area contributed by atoms with Crippen LogP contribution in [0.25, 0.3) is 0 Å². The topological polar surface area (TPSA) is 66.9 Å². The van der Waals surface area contributed by atoms with Crippen LogP contribution in [0.3, 0.4) is 0 Å². The second-order valence-corrected chi connectivity index (χ2v) is 5.70. The van der Waals surface area contributed by atoms with Gasteiger partial charge in [0.25, 0.3) is 5.91 Å². The van der Waals surface area contributed by atoms with E-state index in [1.54, 1.807) is 0 Å². The molecule has 0 bridgehead atoms. The van der Waals surface area contributed by atoms with E-state index in [1.165, 1.54) is 18.0 Å². The molecule has 1 heterocycles. The Kier molecular flexibility index (Phi) is 5.04. The number of nitrogens with one attached hydrogen (secondary N) is 2. The van der Waals surface area contributed by atoms with Crippen molar-refractivity contribution in [2.24, 2.45) is 0 Å². The van der Waals surface area contributed by atoms with Crippen molar-refractivity contribution < 1.29 is 4.79 Å². The molecular formula is C20H20N4O. The smallest absolute Gasteiger partial charge is 0.258 e. The van der Waals surface area contributed by atoms with Crippen LogP contribution in [0, 0.1) is 6.92 Å². The molecule has 0 atom stereocenters. The molecule has 2 N–H and O–H groups in total. The van der Waals surface area contributed by atoms with Gasteiger partial charge < -0.3 is 10.6 Å². The highest BCUT2D eigenvalue weighted by molar-refractivity contribution is 6.03. The van der Waals surface area contributed by atoms with E-state index in [9.17, 15) is 4.79 Å². The van der Waals surface area contributed by atoms with Crippen molar-refractivity contribution in [1.29, 1.82) is 0 Å². The molecule has 1 aromatic heterocycles. The molecule has 0 saturated heterocycles. The van der Waals surface area contributed by atoms with Gasteiger partial charge >= 0.3 is 0 Å². The number of hydrogen-bond donors (Lipinski definition) is 2. The van der Waals surface area contributed by atoms with E-state index in [0.717, 1.165) is 23.4 Å². The van der Waals surface area contributed by atoms with Gasteiger partial charge in [-0.05, 0) is 36.6 Å². The van der Waals surface area contributed by atoms with E-state index in [4.69, 9.17) is 0 Å². The Hall–Kier alpha value is -3.21. The van der Waals surface area contributed by atoms with Crippen LogP contribution in [0.4, 0.5) is 17.3 Å². The first-order valence-corrected chi connectivity index (χ1v) is 8.21. The van der Waals surface area contributed by atoms with Crippen molar-refractivity contribution in [3.63, 3.8) is 0 Å². The molecule has 3 aromatic rings. The molecule has 0 aliphatic heterocycles. The zero-order valence-corrected chi connectivity index (χ0v) is 14.3. The number of carbonyl (C=O) groups is 1. The average molecular weight is 332 g/mol. The third-order valence-electron chi connectivity index (χ3n) is 3.92. The predicted octanol–water partition coefficient (Wildman–Crippen LogP) is 4.34. The van der Waals surface area contributed by atoms with E-state index in [0.29, 0.717) is 11.5 Å². The number of aryl methyl sites for hydroxylation is 2. The van der Waals surface area contributed by atoms with Crippen molar-refractivity contribution >= 4 is 23.2 Å². The molecule has 5 heteroatoms. The molecule has 5 nitrogen and oxygen atoms in total. The number of para-hydroxylation sites is 2. The molecule has 0 fully saturated rings. The van der Waals surface area contributed by atoms with Crippen molar-refractivity contribution in [2.75, 3.05) is 10.6 Å². The molecule has 0 unspecified atom stereocenters. The van der Waals surface area contributed by atoms with Crippen LogP contribution in [-0.2, 0) is 6.42 Å². The lowest BCUT2D eigenvalue weighted by atomic mass is 10.1. The fourth-order valence-electron chi connectivity index (χ4n) is 2.55. The Bertz CT molecular complexity index is 861. The number of rotatable bonds is 5. The van der Waals surface area contributed by atoms with Gasteiger partial charge in [-0.2, -0.15) is 0 Å². The number of nitrogens with zero attached hydrogens (tertiary/aromatic N) is 2. The first-order valence-electron chi connectivity index (χ1n) is 8.21. The summed E-state index contributed by atoms with van der Waals surface area (Å²) in [6.45, 7) is 4.15. The standard InChI is InChI=1S/C20H20N4O/c1-3-15-9-7-8-14(2)18(15)24-20-21-12-16(13-22-20)19(25)23-17-10-5-4-6-11-17/h4-13H,3H2,1-2H3,(H,23,25)(H,21,22,24). The zero-order valence-electron chi connectivity index (χ0n) is 14.3. The number of amides is 1. The highest BCUT2D eigenvalue weighted by Crippen LogP contribution is 2.23. The van der Waals surface area contributed by atoms with Gasteiger partial charge in [0.05, 0.1) is 5.56 Å². The summed E-state index contributed by atoms with van der Waals surface area (Å²) < 4.78 is 0. The quantitative estimate of drug-likeness (QED) is 0.729. The summed E-state index contributed by atoms with van der Waals surface area (Å²) >= 11 is 0. The second-order valence-electron chi connectivity index (χ2n) is 5.70. The van der Waals surface area contributed by atoms with Crippen LogP contribution in [0.5, 0.6) is 0 Å². The second kappa shape index (κ2) is 7.57. The van der Waals surface area contributed by atoms with Crippen molar-refractivity contribution in [3.8, 4) is 0 Å². The summed E-state index contributed by atoms with van der Waals surface area (Å²) in [5.41, 5.74) is 4.51. The van der Waals surface area contributed by atoms with Crippen LogP contribution >= 0.6 is 0 Å². The normalized spacial score (nSPS) is 10.3. The minimum Gasteiger partial charge on any atom is -0.324 e. The Morgan fingerprint density at radius 1 is 1.00 bits per heavy atom. The Labute approximate surface area is 147 Å². The van der Waals surface area contributed by atoms with Crippen molar-refractivity contribution in [2.45, 2.75) is 20.3 Å². The van der Waals surface area contributed by atoms with Crippen LogP contribution in [0.1, 0.15) is 28.4 Å². The molecule has 0 spiro atoms. The zero-order chi connectivity index (χ0) is 17.6. The summed E-state index contributed by atoms with van der Waals surface area (Å²) in [5, 5.41) is 6.07. The molecule has 0 aliphatic carbocycles. The summed E-state index contributed by atoms with van der Waals surface area (Å²) in [7, 11) is 0. The van der Waals surface area contributed by atoms with E-state index in [2.05, 4.69) is 33.6 Å². The molecule has 0 radical (unpaired) electrons. The first kappa shape index (κ1) is 16.6. The van der Waals surface area contributed by atoms with Crippen LogP contribution < -0.4 is 10.6 Å². The lowest BCUT2D eigenvalue weighted by Gasteiger charge is -2.12. The number of benzene rings is 2. The van der Waals surface area contributed by atoms with Gasteiger partial charge in [0.2, 0.25) is 5.95 Å². The van der Waals surface area contributed by atoms with E-state index in [-0.39, 0.29) is 5.91 Å². The minimum absolute atomic E-state index is 0.233. The monoisotopic (exact) mass is 332 g/mol. The fourth-order valence-corrected chi connectivity index (χ4v) is 2.55. The van der Waals surface area contributed by atoms with Crippen molar-refractivity contribution in [3.05, 3.63) is 77.6 Å². The highest BCUT2D eigenvalue weighted by atomic mass is 16.1. The van der Waals surface area contributed by atoms with Crippen LogP contribution in [-0.4, -0.2) is 15.9 Å². The number of anilines is 3. The van der Waals surface area contributed by atoms with Crippen molar-refractivity contribution in [1.82, 2.24) is 9.97 Å². The molecule has 1 amide bonds.